The Labute approximate surface area is 185 Å². The largest absolute Gasteiger partial charge is 0.462 e. The number of ether oxygens (including phenoxy) is 1. The number of fused-ring (bicyclic) bond motifs is 1. The van der Waals surface area contributed by atoms with Crippen LogP contribution in [0.1, 0.15) is 41.8 Å². The van der Waals surface area contributed by atoms with Gasteiger partial charge in [0.2, 0.25) is 0 Å². The van der Waals surface area contributed by atoms with Crippen molar-refractivity contribution >= 4 is 11.6 Å². The number of aromatic nitrogens is 2. The molecule has 0 spiro atoms. The van der Waals surface area contributed by atoms with Gasteiger partial charge >= 0.3 is 5.97 Å². The van der Waals surface area contributed by atoms with E-state index < -0.39 is 11.5 Å². The van der Waals surface area contributed by atoms with Crippen molar-refractivity contribution in [2.24, 2.45) is 0 Å². The molecule has 5 nitrogen and oxygen atoms in total. The van der Waals surface area contributed by atoms with Crippen LogP contribution in [0.2, 0.25) is 0 Å². The molecule has 164 valence electrons. The molecule has 6 heteroatoms. The number of hydrogen-bond donors (Lipinski definition) is 0. The number of rotatable bonds is 7. The van der Waals surface area contributed by atoms with Gasteiger partial charge in [0.1, 0.15) is 17.0 Å². The molecule has 2 aromatic carbocycles. The number of carbonyl (C=O) groups excluding carboxylic acids is 1. The summed E-state index contributed by atoms with van der Waals surface area (Å²) < 4.78 is 22.5. The topological polar surface area (TPSA) is 52.7 Å². The Hall–Kier alpha value is -3.67. The van der Waals surface area contributed by atoms with E-state index in [1.807, 2.05) is 18.2 Å². The van der Waals surface area contributed by atoms with Gasteiger partial charge in [0.15, 0.2) is 0 Å². The van der Waals surface area contributed by atoms with Gasteiger partial charge in [-0.05, 0) is 36.6 Å². The summed E-state index contributed by atoms with van der Waals surface area (Å²) >= 11 is 0. The monoisotopic (exact) mass is 432 g/mol. The Morgan fingerprint density at radius 2 is 1.75 bits per heavy atom. The fourth-order valence-corrected chi connectivity index (χ4v) is 3.84. The Bertz CT molecular complexity index is 1320. The van der Waals surface area contributed by atoms with Gasteiger partial charge in [0.25, 0.3) is 5.56 Å². The lowest BCUT2D eigenvalue weighted by Crippen LogP contribution is -2.26. The number of esters is 1. The van der Waals surface area contributed by atoms with E-state index in [2.05, 4.69) is 19.1 Å². The molecule has 0 saturated heterocycles. The van der Waals surface area contributed by atoms with Gasteiger partial charge in [-0.1, -0.05) is 55.8 Å². The molecule has 0 N–H and O–H groups in total. The van der Waals surface area contributed by atoms with Crippen LogP contribution in [-0.4, -0.2) is 21.5 Å². The van der Waals surface area contributed by atoms with Crippen molar-refractivity contribution in [3.8, 4) is 11.1 Å². The molecule has 2 aromatic heterocycles. The second-order valence-electron chi connectivity index (χ2n) is 7.69. The van der Waals surface area contributed by atoms with Crippen molar-refractivity contribution < 1.29 is 13.9 Å². The van der Waals surface area contributed by atoms with Gasteiger partial charge in [-0.25, -0.2) is 9.18 Å². The first-order valence-corrected chi connectivity index (χ1v) is 10.8. The zero-order chi connectivity index (χ0) is 22.7. The molecule has 0 fully saturated rings. The van der Waals surface area contributed by atoms with Crippen LogP contribution in [0.25, 0.3) is 16.8 Å². The minimum absolute atomic E-state index is 0.0869. The van der Waals surface area contributed by atoms with Crippen molar-refractivity contribution in [1.29, 1.82) is 0 Å². The average molecular weight is 432 g/mol. The van der Waals surface area contributed by atoms with Crippen LogP contribution in [0.5, 0.6) is 0 Å². The molecular formula is C26H25FN2O3. The van der Waals surface area contributed by atoms with Crippen LogP contribution >= 0.6 is 0 Å². The highest BCUT2D eigenvalue weighted by molar-refractivity contribution is 5.89. The number of hydrogen-bond acceptors (Lipinski definition) is 3. The fraction of sp³-hybridized carbons (Fsp3) is 0.231. The number of halogens is 1. The molecule has 0 aliphatic rings. The van der Waals surface area contributed by atoms with Gasteiger partial charge in [0, 0.05) is 23.5 Å². The summed E-state index contributed by atoms with van der Waals surface area (Å²) in [7, 11) is 0. The standard InChI is InChI=1S/C26H25FN2O3/c1-3-7-18-10-12-19(13-11-18)21-14-24-28(15-20-8-5-6-9-23(20)27)17-22(26(31)32-4-2)25(30)29(24)16-21/h5-6,8-14,16-17H,3-4,7,15H2,1-2H3. The SMILES string of the molecule is CCCc1ccc(-c2cc3n(Cc4ccccc4F)cc(C(=O)OCC)c(=O)n3c2)cc1. The predicted octanol–water partition coefficient (Wildman–Crippen LogP) is 5.08. The lowest BCUT2D eigenvalue weighted by atomic mass is 10.0. The molecule has 0 aliphatic carbocycles. The third-order valence-corrected chi connectivity index (χ3v) is 5.45. The lowest BCUT2D eigenvalue weighted by Gasteiger charge is -2.12. The number of nitrogens with zero attached hydrogens (tertiary/aromatic N) is 2. The van der Waals surface area contributed by atoms with Gasteiger partial charge in [0.05, 0.1) is 13.2 Å². The van der Waals surface area contributed by atoms with E-state index in [1.54, 1.807) is 35.9 Å². The third-order valence-electron chi connectivity index (χ3n) is 5.45. The van der Waals surface area contributed by atoms with Crippen LogP contribution in [0, 0.1) is 5.82 Å². The first-order chi connectivity index (χ1) is 15.5. The zero-order valence-corrected chi connectivity index (χ0v) is 18.2. The molecule has 4 aromatic rings. The second kappa shape index (κ2) is 9.22. The molecule has 0 radical (unpaired) electrons. The average Bonchev–Trinajstić information content (AvgIpc) is 3.24. The number of aryl methyl sites for hydroxylation is 1. The molecule has 0 amide bonds. The molecule has 0 saturated carbocycles. The van der Waals surface area contributed by atoms with E-state index in [4.69, 9.17) is 4.74 Å². The highest BCUT2D eigenvalue weighted by Gasteiger charge is 2.18. The maximum Gasteiger partial charge on any atom is 0.345 e. The van der Waals surface area contributed by atoms with E-state index >= 15 is 0 Å². The summed E-state index contributed by atoms with van der Waals surface area (Å²) in [6.07, 6.45) is 5.25. The van der Waals surface area contributed by atoms with Gasteiger partial charge in [-0.15, -0.1) is 0 Å². The summed E-state index contributed by atoms with van der Waals surface area (Å²) in [5.41, 5.74) is 3.53. The molecule has 0 bridgehead atoms. The highest BCUT2D eigenvalue weighted by atomic mass is 19.1. The number of benzene rings is 2. The number of carbonyl (C=O) groups is 1. The third kappa shape index (κ3) is 4.21. The maximum absolute atomic E-state index is 14.3. The fourth-order valence-electron chi connectivity index (χ4n) is 3.84. The second-order valence-corrected chi connectivity index (χ2v) is 7.69. The van der Waals surface area contributed by atoms with Gasteiger partial charge in [-0.3, -0.25) is 9.20 Å². The van der Waals surface area contributed by atoms with E-state index in [0.717, 1.165) is 24.0 Å². The van der Waals surface area contributed by atoms with Crippen LogP contribution in [0.3, 0.4) is 0 Å². The van der Waals surface area contributed by atoms with Crippen molar-refractivity contribution in [2.75, 3.05) is 6.61 Å². The summed E-state index contributed by atoms with van der Waals surface area (Å²) in [4.78, 5) is 25.5. The molecule has 0 unspecified atom stereocenters. The predicted molar refractivity (Wildman–Crippen MR) is 123 cm³/mol. The Balaban J connectivity index is 1.86. The minimum atomic E-state index is -0.694. The molecule has 0 atom stereocenters. The van der Waals surface area contributed by atoms with E-state index in [0.29, 0.717) is 11.2 Å². The van der Waals surface area contributed by atoms with E-state index in [-0.39, 0.29) is 24.5 Å². The van der Waals surface area contributed by atoms with Crippen LogP contribution < -0.4 is 5.56 Å². The maximum atomic E-state index is 14.3. The van der Waals surface area contributed by atoms with E-state index in [9.17, 15) is 14.0 Å². The van der Waals surface area contributed by atoms with Crippen molar-refractivity contribution in [3.05, 3.63) is 99.9 Å². The van der Waals surface area contributed by atoms with Crippen LogP contribution in [0.4, 0.5) is 4.39 Å². The first kappa shape index (κ1) is 21.6. The molecule has 2 heterocycles. The molecule has 32 heavy (non-hydrogen) atoms. The Kier molecular flexibility index (Phi) is 6.21. The van der Waals surface area contributed by atoms with Crippen LogP contribution in [-0.2, 0) is 17.7 Å². The summed E-state index contributed by atoms with van der Waals surface area (Å²) in [6.45, 7) is 4.15. The lowest BCUT2D eigenvalue weighted by molar-refractivity contribution is 0.0523. The van der Waals surface area contributed by atoms with Gasteiger partial charge < -0.3 is 9.30 Å². The quantitative estimate of drug-likeness (QED) is 0.383. The van der Waals surface area contributed by atoms with Crippen molar-refractivity contribution in [1.82, 2.24) is 8.97 Å². The van der Waals surface area contributed by atoms with Gasteiger partial charge in [-0.2, -0.15) is 0 Å². The smallest absolute Gasteiger partial charge is 0.345 e. The first-order valence-electron chi connectivity index (χ1n) is 10.8. The highest BCUT2D eigenvalue weighted by Crippen LogP contribution is 2.24. The minimum Gasteiger partial charge on any atom is -0.462 e. The Morgan fingerprint density at radius 1 is 1.00 bits per heavy atom. The summed E-state index contributed by atoms with van der Waals surface area (Å²) in [5.74, 6) is -1.04. The zero-order valence-electron chi connectivity index (χ0n) is 18.2. The Morgan fingerprint density at radius 3 is 2.44 bits per heavy atom. The van der Waals surface area contributed by atoms with Crippen LogP contribution in [0.15, 0.2) is 71.8 Å². The normalized spacial score (nSPS) is 11.1. The molecular weight excluding hydrogens is 407 g/mol. The molecule has 4 rings (SSSR count). The van der Waals surface area contributed by atoms with E-state index in [1.165, 1.54) is 22.2 Å². The summed E-state index contributed by atoms with van der Waals surface area (Å²) in [6, 6.07) is 16.6. The molecule has 0 aliphatic heterocycles. The van der Waals surface area contributed by atoms with Crippen molar-refractivity contribution in [2.45, 2.75) is 33.2 Å². The summed E-state index contributed by atoms with van der Waals surface area (Å²) in [5, 5.41) is 0. The van der Waals surface area contributed by atoms with Crippen molar-refractivity contribution in [3.63, 3.8) is 0 Å².